The number of para-hydroxylation sites is 1. The molecule has 0 bridgehead atoms. The molecule has 1 saturated heterocycles. The third kappa shape index (κ3) is 15.0. The number of hydrogen-bond donors (Lipinski definition) is 3. The molecular weight excluding hydrogens is 617 g/mol. The summed E-state index contributed by atoms with van der Waals surface area (Å²) in [5.41, 5.74) is 1.98. The summed E-state index contributed by atoms with van der Waals surface area (Å²) < 4.78 is 5.49. The Kier molecular flexibility index (Phi) is 19.0. The second-order valence-electron chi connectivity index (χ2n) is 12.1. The number of carbonyl (C=O) groups excluding carboxylic acids is 3. The SMILES string of the molecule is CCN(CCCCCCNC1=CC(=O)C(NCCCCCCNC(=O)CCCCC2CCSS2)=CC1=O)Cc1ccccc1OC. The minimum absolute atomic E-state index is 0.149. The van der Waals surface area contributed by atoms with Crippen LogP contribution in [0.25, 0.3) is 0 Å². The van der Waals surface area contributed by atoms with Crippen molar-refractivity contribution in [1.29, 1.82) is 0 Å². The molecule has 1 amide bonds. The number of hydrogen-bond acceptors (Lipinski definition) is 9. The summed E-state index contributed by atoms with van der Waals surface area (Å²) in [5, 5.41) is 10.1. The molecule has 3 rings (SSSR count). The number of unbranched alkanes of at least 4 members (excludes halogenated alkanes) is 7. The van der Waals surface area contributed by atoms with Gasteiger partial charge in [-0.25, -0.2) is 0 Å². The van der Waals surface area contributed by atoms with E-state index in [-0.39, 0.29) is 17.5 Å². The van der Waals surface area contributed by atoms with E-state index in [0.717, 1.165) is 101 Å². The third-order valence-corrected chi connectivity index (χ3v) is 11.5. The fourth-order valence-corrected chi connectivity index (χ4v) is 8.69. The van der Waals surface area contributed by atoms with Crippen LogP contribution in [0.2, 0.25) is 0 Å². The highest BCUT2D eigenvalue weighted by atomic mass is 33.1. The van der Waals surface area contributed by atoms with Crippen molar-refractivity contribution < 1.29 is 19.1 Å². The number of allylic oxidation sites excluding steroid dienone is 2. The number of benzene rings is 1. The molecule has 1 aliphatic heterocycles. The highest BCUT2D eigenvalue weighted by molar-refractivity contribution is 8.77. The van der Waals surface area contributed by atoms with Crippen LogP contribution in [0.15, 0.2) is 47.8 Å². The van der Waals surface area contributed by atoms with Crippen LogP contribution in [0, 0.1) is 0 Å². The normalized spacial score (nSPS) is 16.4. The van der Waals surface area contributed by atoms with E-state index in [1.54, 1.807) is 7.11 Å². The van der Waals surface area contributed by atoms with Gasteiger partial charge in [0.25, 0.3) is 0 Å². The van der Waals surface area contributed by atoms with Crippen LogP contribution in [0.4, 0.5) is 0 Å². The molecule has 46 heavy (non-hydrogen) atoms. The number of ketones is 2. The zero-order valence-corrected chi connectivity index (χ0v) is 29.7. The summed E-state index contributed by atoms with van der Waals surface area (Å²) in [5.74, 6) is 2.07. The molecule has 1 unspecified atom stereocenters. The Morgan fingerprint density at radius 1 is 0.870 bits per heavy atom. The zero-order valence-electron chi connectivity index (χ0n) is 28.1. The molecule has 0 spiro atoms. The van der Waals surface area contributed by atoms with Gasteiger partial charge in [0, 0.05) is 61.3 Å². The topological polar surface area (TPSA) is 99.8 Å². The molecule has 1 fully saturated rings. The van der Waals surface area contributed by atoms with Gasteiger partial charge >= 0.3 is 0 Å². The Hall–Kier alpha value is -2.43. The number of amides is 1. The third-order valence-electron chi connectivity index (χ3n) is 8.48. The monoisotopic (exact) mass is 672 g/mol. The van der Waals surface area contributed by atoms with Crippen LogP contribution in [-0.4, -0.2) is 73.2 Å². The van der Waals surface area contributed by atoms with Crippen molar-refractivity contribution in [2.75, 3.05) is 45.6 Å². The van der Waals surface area contributed by atoms with Gasteiger partial charge in [-0.2, -0.15) is 0 Å². The molecular formula is C36H56N4O4S2. The minimum Gasteiger partial charge on any atom is -0.496 e. The summed E-state index contributed by atoms with van der Waals surface area (Å²) in [6, 6.07) is 8.19. The smallest absolute Gasteiger partial charge is 0.219 e. The zero-order chi connectivity index (χ0) is 32.8. The average molecular weight is 673 g/mol. The molecule has 0 aromatic heterocycles. The predicted molar refractivity (Wildman–Crippen MR) is 193 cm³/mol. The number of nitrogens with one attached hydrogen (secondary N) is 3. The first-order valence-corrected chi connectivity index (χ1v) is 19.8. The van der Waals surface area contributed by atoms with Crippen molar-refractivity contribution in [1.82, 2.24) is 20.9 Å². The van der Waals surface area contributed by atoms with E-state index < -0.39 is 0 Å². The first-order valence-electron chi connectivity index (χ1n) is 17.4. The maximum atomic E-state index is 12.6. The number of ether oxygens (including phenoxy) is 1. The number of methoxy groups -OCH3 is 1. The average Bonchev–Trinajstić information content (AvgIpc) is 3.59. The molecule has 1 aromatic carbocycles. The Morgan fingerprint density at radius 2 is 1.52 bits per heavy atom. The van der Waals surface area contributed by atoms with Crippen LogP contribution in [0.3, 0.4) is 0 Å². The lowest BCUT2D eigenvalue weighted by Crippen LogP contribution is -2.30. The van der Waals surface area contributed by atoms with Crippen molar-refractivity contribution in [3.05, 3.63) is 53.4 Å². The van der Waals surface area contributed by atoms with Crippen molar-refractivity contribution in [3.63, 3.8) is 0 Å². The molecule has 3 N–H and O–H groups in total. The molecule has 1 aromatic rings. The van der Waals surface area contributed by atoms with Gasteiger partial charge in [0.15, 0.2) is 0 Å². The summed E-state index contributed by atoms with van der Waals surface area (Å²) >= 11 is 0. The van der Waals surface area contributed by atoms with Crippen LogP contribution >= 0.6 is 21.6 Å². The number of nitrogens with zero attached hydrogens (tertiary/aromatic N) is 1. The van der Waals surface area contributed by atoms with Gasteiger partial charge < -0.3 is 20.7 Å². The Morgan fingerprint density at radius 3 is 2.15 bits per heavy atom. The van der Waals surface area contributed by atoms with Crippen LogP contribution < -0.4 is 20.7 Å². The molecule has 0 radical (unpaired) electrons. The van der Waals surface area contributed by atoms with E-state index in [1.807, 2.05) is 33.7 Å². The fourth-order valence-electron chi connectivity index (χ4n) is 5.66. The van der Waals surface area contributed by atoms with E-state index in [9.17, 15) is 14.4 Å². The lowest BCUT2D eigenvalue weighted by atomic mass is 10.1. The van der Waals surface area contributed by atoms with E-state index >= 15 is 0 Å². The molecule has 2 aliphatic rings. The molecule has 1 heterocycles. The lowest BCUT2D eigenvalue weighted by molar-refractivity contribution is -0.121. The van der Waals surface area contributed by atoms with Gasteiger partial charge in [-0.05, 0) is 64.1 Å². The molecule has 1 aliphatic carbocycles. The highest BCUT2D eigenvalue weighted by Crippen LogP contribution is 2.39. The molecule has 10 heteroatoms. The van der Waals surface area contributed by atoms with Gasteiger partial charge in [0.1, 0.15) is 5.75 Å². The Bertz CT molecular complexity index is 1140. The van der Waals surface area contributed by atoms with Crippen molar-refractivity contribution in [2.24, 2.45) is 0 Å². The van der Waals surface area contributed by atoms with Gasteiger partial charge in [-0.3, -0.25) is 19.3 Å². The van der Waals surface area contributed by atoms with Gasteiger partial charge in [0.2, 0.25) is 17.5 Å². The van der Waals surface area contributed by atoms with Gasteiger partial charge in [0.05, 0.1) is 18.5 Å². The summed E-state index contributed by atoms with van der Waals surface area (Å²) in [7, 11) is 5.70. The second-order valence-corrected chi connectivity index (χ2v) is 14.9. The van der Waals surface area contributed by atoms with Crippen molar-refractivity contribution in [3.8, 4) is 5.75 Å². The van der Waals surface area contributed by atoms with Crippen LogP contribution in [0.5, 0.6) is 5.75 Å². The number of rotatable bonds is 25. The van der Waals surface area contributed by atoms with E-state index in [0.29, 0.717) is 30.9 Å². The largest absolute Gasteiger partial charge is 0.496 e. The Labute approximate surface area is 285 Å². The van der Waals surface area contributed by atoms with Crippen LogP contribution in [-0.2, 0) is 20.9 Å². The maximum Gasteiger partial charge on any atom is 0.219 e. The molecule has 0 saturated carbocycles. The first-order chi connectivity index (χ1) is 22.5. The molecule has 256 valence electrons. The molecule has 1 atom stereocenters. The fraction of sp³-hybridized carbons (Fsp3) is 0.639. The lowest BCUT2D eigenvalue weighted by Gasteiger charge is -2.21. The van der Waals surface area contributed by atoms with E-state index in [2.05, 4.69) is 39.9 Å². The summed E-state index contributed by atoms with van der Waals surface area (Å²) in [6.45, 7) is 7.17. The predicted octanol–water partition coefficient (Wildman–Crippen LogP) is 6.57. The van der Waals surface area contributed by atoms with Crippen molar-refractivity contribution in [2.45, 2.75) is 102 Å². The van der Waals surface area contributed by atoms with Gasteiger partial charge in [-0.15, -0.1) is 0 Å². The number of carbonyl (C=O) groups is 3. The van der Waals surface area contributed by atoms with Gasteiger partial charge in [-0.1, -0.05) is 78.8 Å². The Balaban J connectivity index is 1.16. The summed E-state index contributed by atoms with van der Waals surface area (Å²) in [6.07, 6.45) is 16.3. The van der Waals surface area contributed by atoms with E-state index in [1.165, 1.54) is 36.3 Å². The summed E-state index contributed by atoms with van der Waals surface area (Å²) in [4.78, 5) is 39.6. The minimum atomic E-state index is -0.152. The quantitative estimate of drug-likeness (QED) is 0.0606. The standard InChI is InChI=1S/C36H56N4O4S2/c1-3-40(28-29-16-8-10-18-35(29)44-2)24-15-7-6-13-22-38-32-27-33(41)31(26-34(32)42)37-21-12-4-5-14-23-39-36(43)19-11-9-17-30-20-25-45-46-30/h8,10,16,18,26-27,30,37-38H,3-7,9,11-15,17,19-25,28H2,1-2H3,(H,39,43). The first kappa shape index (κ1) is 38.0. The highest BCUT2D eigenvalue weighted by Gasteiger charge is 2.20. The second kappa shape index (κ2) is 23.0. The van der Waals surface area contributed by atoms with Crippen molar-refractivity contribution >= 4 is 39.1 Å². The maximum absolute atomic E-state index is 12.6. The van der Waals surface area contributed by atoms with E-state index in [4.69, 9.17) is 4.74 Å². The molecule has 8 nitrogen and oxygen atoms in total. The van der Waals surface area contributed by atoms with Crippen LogP contribution in [0.1, 0.15) is 96.0 Å².